The van der Waals surface area contributed by atoms with E-state index >= 15 is 0 Å². The lowest BCUT2D eigenvalue weighted by Crippen LogP contribution is -2.51. The molecule has 0 saturated carbocycles. The summed E-state index contributed by atoms with van der Waals surface area (Å²) >= 11 is 7.32. The lowest BCUT2D eigenvalue weighted by atomic mass is 9.72. The molecule has 2 N–H and O–H groups in total. The summed E-state index contributed by atoms with van der Waals surface area (Å²) < 4.78 is 1.77. The van der Waals surface area contributed by atoms with Crippen LogP contribution >= 0.6 is 23.4 Å². The Bertz CT molecular complexity index is 1200. The van der Waals surface area contributed by atoms with Gasteiger partial charge in [0.05, 0.1) is 16.9 Å². The number of thioether (sulfide) groups is 1. The summed E-state index contributed by atoms with van der Waals surface area (Å²) in [7, 11) is 0. The van der Waals surface area contributed by atoms with Crippen molar-refractivity contribution in [3.63, 3.8) is 0 Å². The van der Waals surface area contributed by atoms with Gasteiger partial charge in [-0.25, -0.2) is 0 Å². The highest BCUT2D eigenvalue weighted by molar-refractivity contribution is 7.99. The number of carbonyl (C=O) groups is 3. The van der Waals surface area contributed by atoms with Gasteiger partial charge in [-0.05, 0) is 48.7 Å². The molecule has 0 unspecified atom stereocenters. The number of carbonyl (C=O) groups excluding carboxylic acids is 3. The van der Waals surface area contributed by atoms with Crippen molar-refractivity contribution in [3.8, 4) is 5.69 Å². The van der Waals surface area contributed by atoms with Crippen molar-refractivity contribution in [3.05, 3.63) is 65.4 Å². The molecule has 2 heterocycles. The van der Waals surface area contributed by atoms with Gasteiger partial charge < -0.3 is 5.32 Å². The highest BCUT2D eigenvalue weighted by Gasteiger charge is 2.42. The van der Waals surface area contributed by atoms with Crippen molar-refractivity contribution in [1.82, 2.24) is 20.1 Å². The largest absolute Gasteiger partial charge is 0.325 e. The van der Waals surface area contributed by atoms with Gasteiger partial charge in [0.2, 0.25) is 17.7 Å². The van der Waals surface area contributed by atoms with Crippen LogP contribution in [0.5, 0.6) is 0 Å². The molecule has 1 fully saturated rings. The molecule has 0 spiro atoms. The fourth-order valence-corrected chi connectivity index (χ4v) is 4.81. The molecule has 1 aliphatic rings. The Morgan fingerprint density at radius 2 is 2.03 bits per heavy atom. The SMILES string of the molecule is CC[C@@]1(c2ccc(NC(=O)CSc3nncn3-c3cccc(Cl)c3)cc2)CCC(=O)NC1=O. The first-order valence-electron chi connectivity index (χ1n) is 10.4. The maximum absolute atomic E-state index is 12.5. The highest BCUT2D eigenvalue weighted by Crippen LogP contribution is 2.36. The number of hydrogen-bond donors (Lipinski definition) is 2. The Labute approximate surface area is 200 Å². The van der Waals surface area contributed by atoms with Crippen LogP contribution in [0.15, 0.2) is 60.0 Å². The molecule has 33 heavy (non-hydrogen) atoms. The number of nitrogens with one attached hydrogen (secondary N) is 2. The molecule has 0 bridgehead atoms. The summed E-state index contributed by atoms with van der Waals surface area (Å²) in [5, 5.41) is 14.5. The molecule has 170 valence electrons. The molecule has 10 heteroatoms. The Morgan fingerprint density at radius 3 is 2.73 bits per heavy atom. The molecule has 2 aromatic carbocycles. The average Bonchev–Trinajstić information content (AvgIpc) is 3.28. The number of imide groups is 1. The predicted octanol–water partition coefficient (Wildman–Crippen LogP) is 3.74. The second kappa shape index (κ2) is 9.76. The lowest BCUT2D eigenvalue weighted by molar-refractivity contribution is -0.138. The van der Waals surface area contributed by atoms with Crippen LogP contribution in [0, 0.1) is 0 Å². The molecular weight excluding hydrogens is 462 g/mol. The molecule has 0 aliphatic carbocycles. The lowest BCUT2D eigenvalue weighted by Gasteiger charge is -2.35. The van der Waals surface area contributed by atoms with Crippen molar-refractivity contribution in [2.24, 2.45) is 0 Å². The van der Waals surface area contributed by atoms with Crippen LogP contribution in [-0.2, 0) is 19.8 Å². The smallest absolute Gasteiger partial charge is 0.237 e. The summed E-state index contributed by atoms with van der Waals surface area (Å²) in [5.41, 5.74) is 1.54. The number of anilines is 1. The van der Waals surface area contributed by atoms with Gasteiger partial charge in [-0.1, -0.05) is 48.5 Å². The number of amides is 3. The summed E-state index contributed by atoms with van der Waals surface area (Å²) in [6, 6.07) is 14.5. The highest BCUT2D eigenvalue weighted by atomic mass is 35.5. The molecule has 8 nitrogen and oxygen atoms in total. The average molecular weight is 484 g/mol. The monoisotopic (exact) mass is 483 g/mol. The van der Waals surface area contributed by atoms with Crippen molar-refractivity contribution in [2.45, 2.75) is 36.8 Å². The van der Waals surface area contributed by atoms with Gasteiger partial charge in [0.25, 0.3) is 0 Å². The van der Waals surface area contributed by atoms with E-state index in [0.717, 1.165) is 11.3 Å². The zero-order chi connectivity index (χ0) is 23.4. The molecule has 1 aliphatic heterocycles. The number of halogens is 1. The van der Waals surface area contributed by atoms with Gasteiger partial charge in [0.1, 0.15) is 6.33 Å². The molecule has 1 atom stereocenters. The summed E-state index contributed by atoms with van der Waals surface area (Å²) in [6.45, 7) is 1.93. The number of hydrogen-bond acceptors (Lipinski definition) is 6. The van der Waals surface area contributed by atoms with Gasteiger partial charge in [-0.15, -0.1) is 10.2 Å². The third-order valence-electron chi connectivity index (χ3n) is 5.73. The molecule has 0 radical (unpaired) electrons. The molecule has 1 aromatic heterocycles. The maximum Gasteiger partial charge on any atom is 0.237 e. The Morgan fingerprint density at radius 1 is 1.24 bits per heavy atom. The number of benzene rings is 2. The first-order valence-corrected chi connectivity index (χ1v) is 11.8. The molecule has 3 amide bonds. The molecular formula is C23H22ClN5O3S. The number of nitrogens with zero attached hydrogens (tertiary/aromatic N) is 3. The van der Waals surface area contributed by atoms with Crippen LogP contribution in [0.1, 0.15) is 31.7 Å². The van der Waals surface area contributed by atoms with Gasteiger partial charge >= 0.3 is 0 Å². The second-order valence-corrected chi connectivity index (χ2v) is 9.07. The van der Waals surface area contributed by atoms with E-state index in [0.29, 0.717) is 35.1 Å². The van der Waals surface area contributed by atoms with Gasteiger partial charge in [-0.3, -0.25) is 24.3 Å². The minimum absolute atomic E-state index is 0.143. The van der Waals surface area contributed by atoms with Gasteiger partial charge in [-0.2, -0.15) is 0 Å². The summed E-state index contributed by atoms with van der Waals surface area (Å²) in [6.07, 6.45) is 2.95. The van der Waals surface area contributed by atoms with E-state index in [2.05, 4.69) is 20.8 Å². The minimum atomic E-state index is -0.725. The van der Waals surface area contributed by atoms with E-state index in [1.807, 2.05) is 31.2 Å². The number of piperidine rings is 1. The van der Waals surface area contributed by atoms with E-state index < -0.39 is 5.41 Å². The second-order valence-electron chi connectivity index (χ2n) is 7.69. The molecule has 1 saturated heterocycles. The zero-order valence-electron chi connectivity index (χ0n) is 17.9. The first-order chi connectivity index (χ1) is 15.9. The predicted molar refractivity (Wildman–Crippen MR) is 127 cm³/mol. The Hall–Kier alpha value is -3.17. The third kappa shape index (κ3) is 4.94. The topological polar surface area (TPSA) is 106 Å². The van der Waals surface area contributed by atoms with Crippen molar-refractivity contribution in [1.29, 1.82) is 0 Å². The van der Waals surface area contributed by atoms with Crippen molar-refractivity contribution in [2.75, 3.05) is 11.1 Å². The Kier molecular flexibility index (Phi) is 6.80. The van der Waals surface area contributed by atoms with Crippen LogP contribution < -0.4 is 10.6 Å². The van der Waals surface area contributed by atoms with E-state index in [9.17, 15) is 14.4 Å². The van der Waals surface area contributed by atoms with E-state index in [4.69, 9.17) is 11.6 Å². The third-order valence-corrected chi connectivity index (χ3v) is 6.90. The standard InChI is InChI=1S/C23H22ClN5O3S/c1-2-23(11-10-19(30)27-21(23)32)15-6-8-17(9-7-15)26-20(31)13-33-22-28-25-14-29(22)18-5-3-4-16(24)12-18/h3-9,12,14H,2,10-11,13H2,1H3,(H,26,31)(H,27,30,32)/t23-/m0/s1. The number of aromatic nitrogens is 3. The normalized spacial score (nSPS) is 18.1. The fourth-order valence-electron chi connectivity index (χ4n) is 3.89. The van der Waals surface area contributed by atoms with Crippen LogP contribution in [-0.4, -0.2) is 38.2 Å². The Balaban J connectivity index is 1.39. The van der Waals surface area contributed by atoms with E-state index in [1.54, 1.807) is 35.2 Å². The van der Waals surface area contributed by atoms with Gasteiger partial charge in [0.15, 0.2) is 5.16 Å². The van der Waals surface area contributed by atoms with Crippen LogP contribution in [0.3, 0.4) is 0 Å². The first kappa shape index (κ1) is 23.0. The zero-order valence-corrected chi connectivity index (χ0v) is 19.4. The van der Waals surface area contributed by atoms with Crippen molar-refractivity contribution < 1.29 is 14.4 Å². The van der Waals surface area contributed by atoms with E-state index in [1.165, 1.54) is 11.8 Å². The van der Waals surface area contributed by atoms with Crippen LogP contribution in [0.2, 0.25) is 5.02 Å². The summed E-state index contributed by atoms with van der Waals surface area (Å²) in [4.78, 5) is 36.6. The molecule has 4 rings (SSSR count). The number of rotatable bonds is 7. The van der Waals surface area contributed by atoms with Gasteiger partial charge in [0, 0.05) is 17.1 Å². The molecule has 3 aromatic rings. The van der Waals surface area contributed by atoms with Crippen LogP contribution in [0.4, 0.5) is 5.69 Å². The quantitative estimate of drug-likeness (QED) is 0.391. The summed E-state index contributed by atoms with van der Waals surface area (Å²) in [5.74, 6) is -0.556. The van der Waals surface area contributed by atoms with E-state index in [-0.39, 0.29) is 23.5 Å². The maximum atomic E-state index is 12.5. The van der Waals surface area contributed by atoms with Crippen molar-refractivity contribution >= 4 is 46.8 Å². The van der Waals surface area contributed by atoms with Crippen LogP contribution in [0.25, 0.3) is 5.69 Å². The fraction of sp³-hybridized carbons (Fsp3) is 0.261. The minimum Gasteiger partial charge on any atom is -0.325 e.